The molecule has 0 spiro atoms. The maximum absolute atomic E-state index is 13.4. The number of hydrogen-bond donors (Lipinski definition) is 1. The van der Waals surface area contributed by atoms with Crippen molar-refractivity contribution in [1.82, 2.24) is 4.31 Å². The quantitative estimate of drug-likeness (QED) is 0.615. The van der Waals surface area contributed by atoms with Gasteiger partial charge in [-0.05, 0) is 47.9 Å². The number of rotatable bonds is 3. The summed E-state index contributed by atoms with van der Waals surface area (Å²) in [6.45, 7) is 2.30. The van der Waals surface area contributed by atoms with Crippen molar-refractivity contribution >= 4 is 31.6 Å². The van der Waals surface area contributed by atoms with Gasteiger partial charge in [0.15, 0.2) is 0 Å². The maximum atomic E-state index is 13.4. The van der Waals surface area contributed by atoms with Gasteiger partial charge in [0.25, 0.3) is 0 Å². The summed E-state index contributed by atoms with van der Waals surface area (Å²) in [6.07, 6.45) is -0.474. The van der Waals surface area contributed by atoms with Crippen LogP contribution in [0.2, 0.25) is 0 Å². The predicted molar refractivity (Wildman–Crippen MR) is 111 cm³/mol. The smallest absolute Gasteiger partial charge is 0.247 e. The van der Waals surface area contributed by atoms with Crippen molar-refractivity contribution in [3.63, 3.8) is 0 Å². The lowest BCUT2D eigenvalue weighted by molar-refractivity contribution is 0.335. The van der Waals surface area contributed by atoms with Crippen LogP contribution in [-0.4, -0.2) is 12.7 Å². The number of benzene rings is 3. The van der Waals surface area contributed by atoms with Crippen molar-refractivity contribution in [2.75, 3.05) is 5.32 Å². The van der Waals surface area contributed by atoms with Gasteiger partial charge in [-0.25, -0.2) is 8.42 Å². The molecule has 1 atom stereocenters. The third-order valence-electron chi connectivity index (χ3n) is 4.83. The van der Waals surface area contributed by atoms with E-state index in [-0.39, 0.29) is 0 Å². The Labute approximate surface area is 168 Å². The molecule has 27 heavy (non-hydrogen) atoms. The summed E-state index contributed by atoms with van der Waals surface area (Å²) in [6, 6.07) is 22.7. The average Bonchev–Trinajstić information content (AvgIpc) is 2.66. The van der Waals surface area contributed by atoms with Crippen LogP contribution in [0.4, 0.5) is 5.69 Å². The SMILES string of the molecule is Cc1ccccc1CN1[C@@H](c2ccc(Br)cc2)Nc2ccccc2S1(=O)=O. The molecule has 4 nitrogen and oxygen atoms in total. The van der Waals surface area contributed by atoms with Crippen LogP contribution in [0.15, 0.2) is 82.2 Å². The van der Waals surface area contributed by atoms with Crippen molar-refractivity contribution in [2.24, 2.45) is 0 Å². The lowest BCUT2D eigenvalue weighted by Gasteiger charge is -2.37. The van der Waals surface area contributed by atoms with Crippen LogP contribution < -0.4 is 5.32 Å². The molecule has 138 valence electrons. The fraction of sp³-hybridized carbons (Fsp3) is 0.143. The lowest BCUT2D eigenvalue weighted by Crippen LogP contribution is -2.42. The van der Waals surface area contributed by atoms with Gasteiger partial charge in [-0.15, -0.1) is 0 Å². The summed E-state index contributed by atoms with van der Waals surface area (Å²) in [4.78, 5) is 0.312. The van der Waals surface area contributed by atoms with Gasteiger partial charge in [0.05, 0.1) is 5.69 Å². The highest BCUT2D eigenvalue weighted by atomic mass is 79.9. The average molecular weight is 443 g/mol. The van der Waals surface area contributed by atoms with Crippen LogP contribution in [0.1, 0.15) is 22.9 Å². The molecule has 0 saturated heterocycles. The van der Waals surface area contributed by atoms with E-state index < -0.39 is 16.2 Å². The molecule has 1 aliphatic rings. The second kappa shape index (κ2) is 7.11. The number of para-hydroxylation sites is 1. The molecular formula is C21H19BrN2O2S. The van der Waals surface area contributed by atoms with E-state index in [1.807, 2.05) is 67.6 Å². The molecular weight excluding hydrogens is 424 g/mol. The molecule has 6 heteroatoms. The van der Waals surface area contributed by atoms with E-state index in [2.05, 4.69) is 21.2 Å². The molecule has 0 bridgehead atoms. The molecule has 0 saturated carbocycles. The number of hydrogen-bond acceptors (Lipinski definition) is 3. The summed E-state index contributed by atoms with van der Waals surface area (Å²) in [5, 5.41) is 3.41. The monoisotopic (exact) mass is 442 g/mol. The van der Waals surface area contributed by atoms with Crippen LogP contribution in [0.25, 0.3) is 0 Å². The van der Waals surface area contributed by atoms with Gasteiger partial charge in [0, 0.05) is 11.0 Å². The highest BCUT2D eigenvalue weighted by Crippen LogP contribution is 2.39. The minimum Gasteiger partial charge on any atom is -0.364 e. The second-order valence-corrected chi connectivity index (χ2v) is 9.35. The van der Waals surface area contributed by atoms with Gasteiger partial charge in [0.2, 0.25) is 10.0 Å². The summed E-state index contributed by atoms with van der Waals surface area (Å²) in [5.74, 6) is 0. The van der Waals surface area contributed by atoms with Gasteiger partial charge < -0.3 is 5.32 Å². The van der Waals surface area contributed by atoms with Gasteiger partial charge in [-0.1, -0.05) is 64.5 Å². The van der Waals surface area contributed by atoms with Crippen LogP contribution >= 0.6 is 15.9 Å². The Hall–Kier alpha value is -2.15. The number of nitrogens with one attached hydrogen (secondary N) is 1. The Morgan fingerprint density at radius 2 is 1.63 bits per heavy atom. The molecule has 1 aliphatic heterocycles. The Morgan fingerprint density at radius 3 is 2.37 bits per heavy atom. The molecule has 4 rings (SSSR count). The maximum Gasteiger partial charge on any atom is 0.247 e. The van der Waals surface area contributed by atoms with Crippen LogP contribution in [-0.2, 0) is 16.6 Å². The van der Waals surface area contributed by atoms with Crippen molar-refractivity contribution in [3.8, 4) is 0 Å². The van der Waals surface area contributed by atoms with E-state index in [0.717, 1.165) is 21.2 Å². The summed E-state index contributed by atoms with van der Waals surface area (Å²) in [7, 11) is -3.65. The zero-order chi connectivity index (χ0) is 19.0. The molecule has 0 aromatic heterocycles. The van der Waals surface area contributed by atoms with Crippen LogP contribution in [0, 0.1) is 6.92 Å². The van der Waals surface area contributed by atoms with Crippen LogP contribution in [0.3, 0.4) is 0 Å². The molecule has 3 aromatic rings. The normalized spacial score (nSPS) is 18.5. The number of nitrogens with zero attached hydrogens (tertiary/aromatic N) is 1. The molecule has 1 heterocycles. The summed E-state index contributed by atoms with van der Waals surface area (Å²) >= 11 is 3.44. The lowest BCUT2D eigenvalue weighted by atomic mass is 10.1. The van der Waals surface area contributed by atoms with E-state index in [1.54, 1.807) is 16.4 Å². The van der Waals surface area contributed by atoms with Crippen molar-refractivity contribution in [1.29, 1.82) is 0 Å². The number of aryl methyl sites for hydroxylation is 1. The largest absolute Gasteiger partial charge is 0.364 e. The topological polar surface area (TPSA) is 49.4 Å². The summed E-state index contributed by atoms with van der Waals surface area (Å²) < 4.78 is 29.4. The minimum absolute atomic E-state index is 0.303. The predicted octanol–water partition coefficient (Wildman–Crippen LogP) is 5.07. The second-order valence-electron chi connectivity index (χ2n) is 6.57. The number of fused-ring (bicyclic) bond motifs is 1. The zero-order valence-electron chi connectivity index (χ0n) is 14.8. The Kier molecular flexibility index (Phi) is 4.80. The molecule has 0 aliphatic carbocycles. The van der Waals surface area contributed by atoms with E-state index in [9.17, 15) is 8.42 Å². The highest BCUT2D eigenvalue weighted by Gasteiger charge is 2.38. The first-order valence-corrected chi connectivity index (χ1v) is 10.9. The molecule has 0 unspecified atom stereocenters. The fourth-order valence-electron chi connectivity index (χ4n) is 3.32. The summed E-state index contributed by atoms with van der Waals surface area (Å²) in [5.41, 5.74) is 3.58. The first-order valence-electron chi connectivity index (χ1n) is 8.64. The van der Waals surface area contributed by atoms with E-state index in [0.29, 0.717) is 17.1 Å². The van der Waals surface area contributed by atoms with E-state index >= 15 is 0 Å². The Bertz CT molecular complexity index is 1080. The first-order chi connectivity index (χ1) is 13.0. The van der Waals surface area contributed by atoms with Gasteiger partial charge in [-0.2, -0.15) is 4.31 Å². The van der Waals surface area contributed by atoms with E-state index in [1.165, 1.54) is 0 Å². The number of halogens is 1. The molecule has 0 amide bonds. The number of anilines is 1. The standard InChI is InChI=1S/C21H19BrN2O2S/c1-15-6-2-3-7-17(15)14-24-21(16-10-12-18(22)13-11-16)23-19-8-4-5-9-20(19)27(24,25)26/h2-13,21,23H,14H2,1H3/t21-/m0/s1. The molecule has 0 radical (unpaired) electrons. The van der Waals surface area contributed by atoms with Gasteiger partial charge in [-0.3, -0.25) is 0 Å². The first kappa shape index (κ1) is 18.2. The van der Waals surface area contributed by atoms with Crippen LogP contribution in [0.5, 0.6) is 0 Å². The third-order valence-corrected chi connectivity index (χ3v) is 7.22. The fourth-order valence-corrected chi connectivity index (χ4v) is 5.25. The van der Waals surface area contributed by atoms with Crippen molar-refractivity contribution in [3.05, 3.63) is 94.0 Å². The minimum atomic E-state index is -3.65. The molecule has 1 N–H and O–H groups in total. The molecule has 0 fully saturated rings. The zero-order valence-corrected chi connectivity index (χ0v) is 17.2. The van der Waals surface area contributed by atoms with Gasteiger partial charge in [0.1, 0.15) is 11.1 Å². The molecule has 3 aromatic carbocycles. The third kappa shape index (κ3) is 3.40. The van der Waals surface area contributed by atoms with E-state index in [4.69, 9.17) is 0 Å². The number of sulfonamides is 1. The Balaban J connectivity index is 1.84. The van der Waals surface area contributed by atoms with Crippen molar-refractivity contribution in [2.45, 2.75) is 24.5 Å². The van der Waals surface area contributed by atoms with Gasteiger partial charge >= 0.3 is 0 Å². The van der Waals surface area contributed by atoms with Crippen molar-refractivity contribution < 1.29 is 8.42 Å². The Morgan fingerprint density at radius 1 is 0.963 bits per heavy atom. The highest BCUT2D eigenvalue weighted by molar-refractivity contribution is 9.10.